The van der Waals surface area contributed by atoms with E-state index in [0.29, 0.717) is 18.3 Å². The maximum Gasteiger partial charge on any atom is 0.129 e. The molecule has 1 aromatic rings. The quantitative estimate of drug-likeness (QED) is 0.679. The van der Waals surface area contributed by atoms with E-state index in [4.69, 9.17) is 16.3 Å². The highest BCUT2D eigenvalue weighted by Gasteiger charge is 2.20. The molecule has 0 aliphatic heterocycles. The molecule has 1 aromatic carbocycles. The fourth-order valence-corrected chi connectivity index (χ4v) is 2.80. The van der Waals surface area contributed by atoms with E-state index in [1.54, 1.807) is 14.0 Å². The lowest BCUT2D eigenvalue weighted by atomic mass is 9.87. The summed E-state index contributed by atoms with van der Waals surface area (Å²) in [4.78, 5) is 11.2. The average Bonchev–Trinajstić information content (AvgIpc) is 2.38. The number of halogens is 1. The van der Waals surface area contributed by atoms with E-state index < -0.39 is 0 Å². The normalized spacial score (nSPS) is 12.6. The van der Waals surface area contributed by atoms with Crippen LogP contribution >= 0.6 is 11.6 Å². The lowest BCUT2D eigenvalue weighted by molar-refractivity contribution is -0.117. The first-order valence-corrected chi connectivity index (χ1v) is 7.65. The molecule has 0 aliphatic rings. The number of carbonyl (C=O) groups excluding carboxylic acids is 1. The third-order valence-electron chi connectivity index (χ3n) is 3.71. The second-order valence-electron chi connectivity index (χ2n) is 5.62. The van der Waals surface area contributed by atoms with Crippen LogP contribution in [0, 0.1) is 0 Å². The van der Waals surface area contributed by atoms with Crippen molar-refractivity contribution in [3.63, 3.8) is 0 Å². The number of benzene rings is 1. The van der Waals surface area contributed by atoms with Crippen molar-refractivity contribution < 1.29 is 9.53 Å². The number of ketones is 1. The van der Waals surface area contributed by atoms with E-state index in [9.17, 15) is 4.79 Å². The largest absolute Gasteiger partial charge is 0.496 e. The van der Waals surface area contributed by atoms with Crippen molar-refractivity contribution >= 4 is 17.4 Å². The summed E-state index contributed by atoms with van der Waals surface area (Å²) >= 11 is 6.26. The Morgan fingerprint density at radius 2 is 1.90 bits per heavy atom. The van der Waals surface area contributed by atoms with Gasteiger partial charge in [-0.05, 0) is 54.9 Å². The van der Waals surface area contributed by atoms with Gasteiger partial charge < -0.3 is 9.53 Å². The molecule has 0 aliphatic carbocycles. The molecular weight excluding hydrogens is 272 g/mol. The van der Waals surface area contributed by atoms with Crippen LogP contribution in [0.1, 0.15) is 69.9 Å². The number of ether oxygens (including phenoxy) is 1. The summed E-state index contributed by atoms with van der Waals surface area (Å²) < 4.78 is 5.64. The number of hydrogen-bond donors (Lipinski definition) is 0. The van der Waals surface area contributed by atoms with Gasteiger partial charge in [-0.15, -0.1) is 0 Å². The van der Waals surface area contributed by atoms with Gasteiger partial charge in [-0.1, -0.05) is 32.4 Å². The predicted molar refractivity (Wildman–Crippen MR) is 85.0 cm³/mol. The Kier molecular flexibility index (Phi) is 6.54. The van der Waals surface area contributed by atoms with Crippen LogP contribution in [0.5, 0.6) is 5.75 Å². The zero-order valence-corrected chi connectivity index (χ0v) is 13.9. The molecule has 2 nitrogen and oxygen atoms in total. The van der Waals surface area contributed by atoms with Gasteiger partial charge in [-0.25, -0.2) is 0 Å². The smallest absolute Gasteiger partial charge is 0.129 e. The van der Waals surface area contributed by atoms with Gasteiger partial charge in [0.05, 0.1) is 7.11 Å². The highest BCUT2D eigenvalue weighted by atomic mass is 35.5. The van der Waals surface area contributed by atoms with Gasteiger partial charge in [0.25, 0.3) is 0 Å². The molecule has 0 radical (unpaired) electrons. The second kappa shape index (κ2) is 7.68. The molecule has 20 heavy (non-hydrogen) atoms. The maximum absolute atomic E-state index is 11.2. The first-order chi connectivity index (χ1) is 9.40. The Hall–Kier alpha value is -1.02. The topological polar surface area (TPSA) is 26.3 Å². The van der Waals surface area contributed by atoms with Crippen LogP contribution in [-0.2, 0) is 4.79 Å². The number of Topliss-reactive ketones (excluding diaryl/α,β-unsaturated/α-hetero) is 1. The molecule has 0 amide bonds. The lowest BCUT2D eigenvalue weighted by Gasteiger charge is -2.22. The molecule has 3 heteroatoms. The van der Waals surface area contributed by atoms with Crippen molar-refractivity contribution in [2.45, 2.75) is 58.8 Å². The lowest BCUT2D eigenvalue weighted by Crippen LogP contribution is -2.06. The molecule has 0 saturated heterocycles. The summed E-state index contributed by atoms with van der Waals surface area (Å²) in [6.45, 7) is 8.05. The zero-order valence-electron chi connectivity index (χ0n) is 13.1. The number of methoxy groups -OCH3 is 1. The van der Waals surface area contributed by atoms with Crippen LogP contribution in [-0.4, -0.2) is 12.9 Å². The highest BCUT2D eigenvalue weighted by molar-refractivity contribution is 6.30. The van der Waals surface area contributed by atoms with E-state index in [-0.39, 0.29) is 5.78 Å². The Morgan fingerprint density at radius 3 is 2.35 bits per heavy atom. The third kappa shape index (κ3) is 4.24. The van der Waals surface area contributed by atoms with Gasteiger partial charge in [-0.3, -0.25) is 0 Å². The molecular formula is C17H25ClO2. The van der Waals surface area contributed by atoms with Crippen LogP contribution in [0.15, 0.2) is 12.1 Å². The molecule has 0 spiro atoms. The first-order valence-electron chi connectivity index (χ1n) is 7.27. The van der Waals surface area contributed by atoms with Crippen LogP contribution < -0.4 is 4.74 Å². The van der Waals surface area contributed by atoms with Crippen molar-refractivity contribution in [2.75, 3.05) is 7.11 Å². The summed E-state index contributed by atoms with van der Waals surface area (Å²) in [5.41, 5.74) is 2.27. The molecule has 0 fully saturated rings. The van der Waals surface area contributed by atoms with E-state index >= 15 is 0 Å². The Labute approximate surface area is 127 Å². The van der Waals surface area contributed by atoms with Crippen molar-refractivity contribution in [3.8, 4) is 5.75 Å². The maximum atomic E-state index is 11.2. The average molecular weight is 297 g/mol. The minimum absolute atomic E-state index is 0.230. The van der Waals surface area contributed by atoms with Gasteiger partial charge in [0.1, 0.15) is 11.5 Å². The Bertz CT molecular complexity index is 466. The number of rotatable bonds is 7. The first kappa shape index (κ1) is 17.0. The molecule has 0 bridgehead atoms. The molecule has 1 rings (SSSR count). The third-order valence-corrected chi connectivity index (χ3v) is 3.93. The molecule has 0 saturated carbocycles. The number of carbonyl (C=O) groups is 1. The molecule has 112 valence electrons. The summed E-state index contributed by atoms with van der Waals surface area (Å²) in [6.07, 6.45) is 2.42. The van der Waals surface area contributed by atoms with Gasteiger partial charge in [-0.2, -0.15) is 0 Å². The van der Waals surface area contributed by atoms with Crippen molar-refractivity contribution in [3.05, 3.63) is 28.3 Å². The molecule has 1 unspecified atom stereocenters. The fourth-order valence-electron chi connectivity index (χ4n) is 2.56. The summed E-state index contributed by atoms with van der Waals surface area (Å²) in [5, 5.41) is 0.741. The zero-order chi connectivity index (χ0) is 15.3. The molecule has 0 aromatic heterocycles. The standard InChI is InChI=1S/C17H25ClO2/c1-6-13(8-7-12(4)19)16-10-14(18)9-15(11(2)3)17(16)20-5/h9-11,13H,6-8H2,1-5H3. The van der Waals surface area contributed by atoms with Crippen LogP contribution in [0.2, 0.25) is 5.02 Å². The fraction of sp³-hybridized carbons (Fsp3) is 0.588. The molecule has 0 heterocycles. The van der Waals surface area contributed by atoms with Crippen LogP contribution in [0.25, 0.3) is 0 Å². The van der Waals surface area contributed by atoms with Gasteiger partial charge in [0.2, 0.25) is 0 Å². The van der Waals surface area contributed by atoms with Crippen molar-refractivity contribution in [2.24, 2.45) is 0 Å². The SMILES string of the molecule is CCC(CCC(C)=O)c1cc(Cl)cc(C(C)C)c1OC. The second-order valence-corrected chi connectivity index (χ2v) is 6.05. The Morgan fingerprint density at radius 1 is 1.30 bits per heavy atom. The monoisotopic (exact) mass is 296 g/mol. The predicted octanol–water partition coefficient (Wildman–Crippen LogP) is 5.33. The van der Waals surface area contributed by atoms with Gasteiger partial charge >= 0.3 is 0 Å². The summed E-state index contributed by atoms with van der Waals surface area (Å²) in [6, 6.07) is 3.97. The minimum atomic E-state index is 0.230. The number of hydrogen-bond acceptors (Lipinski definition) is 2. The minimum Gasteiger partial charge on any atom is -0.496 e. The van der Waals surface area contributed by atoms with Crippen molar-refractivity contribution in [1.82, 2.24) is 0 Å². The summed E-state index contributed by atoms with van der Waals surface area (Å²) in [5.74, 6) is 1.83. The van der Waals surface area contributed by atoms with E-state index in [0.717, 1.165) is 34.7 Å². The van der Waals surface area contributed by atoms with Crippen LogP contribution in [0.3, 0.4) is 0 Å². The van der Waals surface area contributed by atoms with E-state index in [1.807, 2.05) is 12.1 Å². The molecule has 0 N–H and O–H groups in total. The highest BCUT2D eigenvalue weighted by Crippen LogP contribution is 2.39. The van der Waals surface area contributed by atoms with E-state index in [2.05, 4.69) is 20.8 Å². The molecule has 1 atom stereocenters. The summed E-state index contributed by atoms with van der Waals surface area (Å²) in [7, 11) is 1.70. The van der Waals surface area contributed by atoms with Crippen molar-refractivity contribution in [1.29, 1.82) is 0 Å². The van der Waals surface area contributed by atoms with Gasteiger partial charge in [0.15, 0.2) is 0 Å². The van der Waals surface area contributed by atoms with E-state index in [1.165, 1.54) is 0 Å². The Balaban J connectivity index is 3.22. The van der Waals surface area contributed by atoms with Gasteiger partial charge in [0, 0.05) is 11.4 Å². The van der Waals surface area contributed by atoms with Crippen LogP contribution in [0.4, 0.5) is 0 Å².